The summed E-state index contributed by atoms with van der Waals surface area (Å²) in [6.45, 7) is 1.12. The zero-order valence-corrected chi connectivity index (χ0v) is 15.2. The predicted octanol–water partition coefficient (Wildman–Crippen LogP) is 1.54. The van der Waals surface area contributed by atoms with E-state index in [0.29, 0.717) is 19.5 Å². The molecule has 0 unspecified atom stereocenters. The van der Waals surface area contributed by atoms with Crippen LogP contribution in [0, 0.1) is 5.82 Å². The third kappa shape index (κ3) is 4.15. The van der Waals surface area contributed by atoms with E-state index in [2.05, 4.69) is 5.32 Å². The van der Waals surface area contributed by atoms with E-state index < -0.39 is 21.7 Å². The molecule has 1 aliphatic heterocycles. The molecule has 3 rings (SSSR count). The minimum Gasteiger partial charge on any atom is -0.343 e. The van der Waals surface area contributed by atoms with Crippen LogP contribution in [0.25, 0.3) is 0 Å². The first-order valence-corrected chi connectivity index (χ1v) is 9.71. The number of benzene rings is 2. The molecule has 0 aliphatic carbocycles. The number of anilines is 1. The van der Waals surface area contributed by atoms with Crippen molar-refractivity contribution in [3.63, 3.8) is 0 Å². The number of halogens is 1. The van der Waals surface area contributed by atoms with Crippen LogP contribution < -0.4 is 5.32 Å². The summed E-state index contributed by atoms with van der Waals surface area (Å²) < 4.78 is 40.3. The van der Waals surface area contributed by atoms with Gasteiger partial charge in [0.2, 0.25) is 16.4 Å². The second kappa shape index (κ2) is 7.85. The Bertz CT molecular complexity index is 939. The molecular weight excluding hydrogens is 373 g/mol. The molecule has 1 aliphatic rings. The summed E-state index contributed by atoms with van der Waals surface area (Å²) in [4.78, 5) is 24.5. The quantitative estimate of drug-likeness (QED) is 0.784. The largest absolute Gasteiger partial charge is 0.343 e. The highest BCUT2D eigenvalue weighted by atomic mass is 32.2. The van der Waals surface area contributed by atoms with Crippen LogP contribution in [0.1, 0.15) is 10.4 Å². The number of hydrogen-bond acceptors (Lipinski definition) is 4. The molecule has 0 atom stereocenters. The number of piperazine rings is 1. The average molecular weight is 391 g/mol. The molecule has 0 aromatic heterocycles. The van der Waals surface area contributed by atoms with Gasteiger partial charge in [0.15, 0.2) is 0 Å². The lowest BCUT2D eigenvalue weighted by Gasteiger charge is -2.31. The molecule has 1 fully saturated rings. The Morgan fingerprint density at radius 1 is 1.00 bits per heavy atom. The van der Waals surface area contributed by atoms with Crippen LogP contribution >= 0.6 is 0 Å². The van der Waals surface area contributed by atoms with Crippen LogP contribution in [0.3, 0.4) is 0 Å². The third-order valence-electron chi connectivity index (χ3n) is 4.30. The summed E-state index contributed by atoms with van der Waals surface area (Å²) in [6, 6.07) is 11.2. The first-order valence-electron chi connectivity index (χ1n) is 8.27. The van der Waals surface area contributed by atoms with E-state index in [4.69, 9.17) is 0 Å². The summed E-state index contributed by atoms with van der Waals surface area (Å²) in [6.07, 6.45) is 0.701. The molecule has 0 spiro atoms. The van der Waals surface area contributed by atoms with Gasteiger partial charge >= 0.3 is 0 Å². The Balaban J connectivity index is 1.72. The molecule has 0 bridgehead atoms. The van der Waals surface area contributed by atoms with Crippen LogP contribution in [0.4, 0.5) is 10.1 Å². The number of nitrogens with zero attached hydrogens (tertiary/aromatic N) is 2. The van der Waals surface area contributed by atoms with Crippen molar-refractivity contribution in [2.24, 2.45) is 0 Å². The number of nitrogens with one attached hydrogen (secondary N) is 1. The molecule has 9 heteroatoms. The molecule has 2 amide bonds. The van der Waals surface area contributed by atoms with Gasteiger partial charge in [0.1, 0.15) is 5.82 Å². The smallest absolute Gasteiger partial charge is 0.255 e. The van der Waals surface area contributed by atoms with E-state index in [-0.39, 0.29) is 29.2 Å². The fourth-order valence-corrected chi connectivity index (χ4v) is 4.16. The number of para-hydroxylation sites is 1. The standard InChI is InChI=1S/C18H18FN3O4S/c19-16-3-1-2-4-17(16)20-18(24)14-5-7-15(8-6-14)27(25,26)22-11-9-21(13-23)10-12-22/h1-8,13H,9-12H2,(H,20,24). The van der Waals surface area contributed by atoms with E-state index in [0.717, 1.165) is 0 Å². The number of carbonyl (C=O) groups excluding carboxylic acids is 2. The molecule has 2 aromatic carbocycles. The summed E-state index contributed by atoms with van der Waals surface area (Å²) in [5.41, 5.74) is 0.259. The van der Waals surface area contributed by atoms with Gasteiger partial charge in [-0.25, -0.2) is 12.8 Å². The summed E-state index contributed by atoms with van der Waals surface area (Å²) >= 11 is 0. The van der Waals surface area contributed by atoms with Gasteiger partial charge in [-0.15, -0.1) is 0 Å². The van der Waals surface area contributed by atoms with Gasteiger partial charge in [0.05, 0.1) is 10.6 Å². The number of carbonyl (C=O) groups is 2. The Morgan fingerprint density at radius 2 is 1.63 bits per heavy atom. The molecule has 0 radical (unpaired) electrons. The van der Waals surface area contributed by atoms with Crippen LogP contribution in [0.15, 0.2) is 53.4 Å². The lowest BCUT2D eigenvalue weighted by atomic mass is 10.2. The molecule has 1 saturated heterocycles. The maximum Gasteiger partial charge on any atom is 0.255 e. The zero-order valence-electron chi connectivity index (χ0n) is 14.3. The third-order valence-corrected chi connectivity index (χ3v) is 6.21. The normalized spacial score (nSPS) is 15.4. The average Bonchev–Trinajstić information content (AvgIpc) is 2.70. The number of rotatable bonds is 5. The van der Waals surface area contributed by atoms with E-state index in [1.165, 1.54) is 51.7 Å². The van der Waals surface area contributed by atoms with Crippen molar-refractivity contribution in [2.75, 3.05) is 31.5 Å². The van der Waals surface area contributed by atoms with Crippen LogP contribution in [-0.4, -0.2) is 56.1 Å². The summed E-state index contributed by atoms with van der Waals surface area (Å²) in [5.74, 6) is -1.09. The van der Waals surface area contributed by atoms with E-state index >= 15 is 0 Å². The van der Waals surface area contributed by atoms with Crippen molar-refractivity contribution in [1.82, 2.24) is 9.21 Å². The molecular formula is C18H18FN3O4S. The van der Waals surface area contributed by atoms with Gasteiger partial charge in [-0.1, -0.05) is 12.1 Å². The minimum atomic E-state index is -3.70. The van der Waals surface area contributed by atoms with Crippen LogP contribution in [0.2, 0.25) is 0 Å². The second-order valence-corrected chi connectivity index (χ2v) is 7.94. The topological polar surface area (TPSA) is 86.8 Å². The molecule has 1 heterocycles. The molecule has 1 N–H and O–H groups in total. The zero-order chi connectivity index (χ0) is 19.4. The molecule has 27 heavy (non-hydrogen) atoms. The van der Waals surface area contributed by atoms with E-state index in [1.54, 1.807) is 6.07 Å². The fraction of sp³-hybridized carbons (Fsp3) is 0.222. The number of hydrogen-bond donors (Lipinski definition) is 1. The number of sulfonamides is 1. The Morgan fingerprint density at radius 3 is 2.22 bits per heavy atom. The van der Waals surface area contributed by atoms with Crippen LogP contribution in [-0.2, 0) is 14.8 Å². The summed E-state index contributed by atoms with van der Waals surface area (Å²) in [7, 11) is -3.70. The van der Waals surface area contributed by atoms with Crippen molar-refractivity contribution in [2.45, 2.75) is 4.90 Å². The highest BCUT2D eigenvalue weighted by Gasteiger charge is 2.28. The van der Waals surface area contributed by atoms with Crippen molar-refractivity contribution in [3.05, 3.63) is 59.9 Å². The lowest BCUT2D eigenvalue weighted by molar-refractivity contribution is -0.119. The van der Waals surface area contributed by atoms with E-state index in [1.807, 2.05) is 0 Å². The first kappa shape index (κ1) is 19.0. The van der Waals surface area contributed by atoms with Gasteiger partial charge in [-0.2, -0.15) is 4.31 Å². The Hall–Kier alpha value is -2.78. The Kier molecular flexibility index (Phi) is 5.52. The molecule has 2 aromatic rings. The van der Waals surface area contributed by atoms with Crippen molar-refractivity contribution < 1.29 is 22.4 Å². The fourth-order valence-electron chi connectivity index (χ4n) is 2.73. The van der Waals surface area contributed by atoms with Crippen LogP contribution in [0.5, 0.6) is 0 Å². The second-order valence-electron chi connectivity index (χ2n) is 6.00. The van der Waals surface area contributed by atoms with Gasteiger partial charge in [-0.3, -0.25) is 9.59 Å². The first-order chi connectivity index (χ1) is 12.9. The monoisotopic (exact) mass is 391 g/mol. The minimum absolute atomic E-state index is 0.0484. The molecule has 7 nitrogen and oxygen atoms in total. The van der Waals surface area contributed by atoms with Gasteiger partial charge in [0, 0.05) is 31.7 Å². The molecule has 0 saturated carbocycles. The molecule has 142 valence electrons. The SMILES string of the molecule is O=CN1CCN(S(=O)(=O)c2ccc(C(=O)Nc3ccccc3F)cc2)CC1. The maximum atomic E-state index is 13.6. The van der Waals surface area contributed by atoms with Crippen molar-refractivity contribution in [3.8, 4) is 0 Å². The predicted molar refractivity (Wildman–Crippen MR) is 97.2 cm³/mol. The van der Waals surface area contributed by atoms with E-state index in [9.17, 15) is 22.4 Å². The summed E-state index contributed by atoms with van der Waals surface area (Å²) in [5, 5.41) is 2.45. The maximum absolute atomic E-state index is 13.6. The number of amides is 2. The Labute approximate surface area is 156 Å². The van der Waals surface area contributed by atoms with Gasteiger partial charge < -0.3 is 10.2 Å². The lowest BCUT2D eigenvalue weighted by Crippen LogP contribution is -2.47. The van der Waals surface area contributed by atoms with Crippen molar-refractivity contribution in [1.29, 1.82) is 0 Å². The highest BCUT2D eigenvalue weighted by molar-refractivity contribution is 7.89. The highest BCUT2D eigenvalue weighted by Crippen LogP contribution is 2.19. The van der Waals surface area contributed by atoms with Gasteiger partial charge in [0.25, 0.3) is 5.91 Å². The van der Waals surface area contributed by atoms with Crippen molar-refractivity contribution >= 4 is 28.0 Å². The van der Waals surface area contributed by atoms with Gasteiger partial charge in [-0.05, 0) is 36.4 Å².